The van der Waals surface area contributed by atoms with Crippen molar-refractivity contribution in [3.63, 3.8) is 0 Å². The van der Waals surface area contributed by atoms with Gasteiger partial charge in [-0.05, 0) is 37.9 Å². The summed E-state index contributed by atoms with van der Waals surface area (Å²) >= 11 is 6.15. The van der Waals surface area contributed by atoms with Gasteiger partial charge in [0.25, 0.3) is 0 Å². The maximum absolute atomic E-state index is 6.15. The minimum atomic E-state index is 0.698. The predicted molar refractivity (Wildman–Crippen MR) is 66.5 cm³/mol. The number of nitrogens with two attached hydrogens (primary N) is 1. The van der Waals surface area contributed by atoms with E-state index in [2.05, 4.69) is 0 Å². The molecular weight excluding hydrogens is 226 g/mol. The fourth-order valence-corrected chi connectivity index (χ4v) is 1.89. The average molecular weight is 244 g/mol. The Morgan fingerprint density at radius 1 is 1.19 bits per heavy atom. The third kappa shape index (κ3) is 3.03. The first kappa shape index (κ1) is 13.1. The number of hydrogen-bond acceptors (Lipinski definition) is 3. The van der Waals surface area contributed by atoms with Crippen LogP contribution < -0.4 is 15.2 Å². The zero-order valence-corrected chi connectivity index (χ0v) is 10.5. The molecule has 0 aliphatic rings. The van der Waals surface area contributed by atoms with Gasteiger partial charge in [0.15, 0.2) is 11.5 Å². The first-order valence-electron chi connectivity index (χ1n) is 5.34. The zero-order valence-electron chi connectivity index (χ0n) is 9.75. The van der Waals surface area contributed by atoms with E-state index in [1.54, 1.807) is 14.2 Å². The topological polar surface area (TPSA) is 44.5 Å². The molecule has 1 aromatic carbocycles. The van der Waals surface area contributed by atoms with Crippen LogP contribution >= 0.6 is 11.6 Å². The lowest BCUT2D eigenvalue weighted by atomic mass is 10.1. The highest BCUT2D eigenvalue weighted by atomic mass is 35.5. The highest BCUT2D eigenvalue weighted by molar-refractivity contribution is 6.31. The molecule has 0 heterocycles. The largest absolute Gasteiger partial charge is 0.493 e. The summed E-state index contributed by atoms with van der Waals surface area (Å²) in [5.74, 6) is 1.45. The van der Waals surface area contributed by atoms with E-state index in [0.29, 0.717) is 6.54 Å². The van der Waals surface area contributed by atoms with Gasteiger partial charge < -0.3 is 15.2 Å². The quantitative estimate of drug-likeness (QED) is 0.782. The minimum absolute atomic E-state index is 0.698. The van der Waals surface area contributed by atoms with Crippen LogP contribution in [0, 0.1) is 0 Å². The molecule has 3 nitrogen and oxygen atoms in total. The molecule has 0 saturated heterocycles. The molecule has 0 aliphatic heterocycles. The molecule has 0 spiro atoms. The number of benzene rings is 1. The summed E-state index contributed by atoms with van der Waals surface area (Å²) in [5.41, 5.74) is 6.47. The van der Waals surface area contributed by atoms with Crippen molar-refractivity contribution in [2.24, 2.45) is 5.73 Å². The number of unbranched alkanes of at least 4 members (excludes halogenated alkanes) is 1. The number of halogens is 1. The van der Waals surface area contributed by atoms with Crippen LogP contribution in [0.4, 0.5) is 0 Å². The molecule has 0 aliphatic carbocycles. The molecule has 0 bridgehead atoms. The first-order valence-corrected chi connectivity index (χ1v) is 5.71. The Kier molecular flexibility index (Phi) is 5.43. The van der Waals surface area contributed by atoms with Crippen LogP contribution in [0.5, 0.6) is 11.5 Å². The fraction of sp³-hybridized carbons (Fsp3) is 0.500. The standard InChI is InChI=1S/C12H18ClNO2/c1-15-11-7-6-10(13)9(12(11)16-2)5-3-4-8-14/h6-7H,3-5,8,14H2,1-2H3. The summed E-state index contributed by atoms with van der Waals surface area (Å²) in [7, 11) is 3.25. The summed E-state index contributed by atoms with van der Waals surface area (Å²) < 4.78 is 10.6. The third-order valence-electron chi connectivity index (χ3n) is 2.47. The van der Waals surface area contributed by atoms with Gasteiger partial charge in [-0.1, -0.05) is 11.6 Å². The van der Waals surface area contributed by atoms with Crippen LogP contribution in [-0.4, -0.2) is 20.8 Å². The van der Waals surface area contributed by atoms with Gasteiger partial charge in [0.05, 0.1) is 14.2 Å². The monoisotopic (exact) mass is 243 g/mol. The van der Waals surface area contributed by atoms with E-state index in [1.165, 1.54) is 0 Å². The Morgan fingerprint density at radius 3 is 2.50 bits per heavy atom. The summed E-state index contributed by atoms with van der Waals surface area (Å²) in [5, 5.41) is 0.717. The second-order valence-electron chi connectivity index (χ2n) is 3.51. The Morgan fingerprint density at radius 2 is 1.94 bits per heavy atom. The minimum Gasteiger partial charge on any atom is -0.493 e. The predicted octanol–water partition coefficient (Wildman–Crippen LogP) is 2.64. The molecule has 4 heteroatoms. The molecule has 1 aromatic rings. The van der Waals surface area contributed by atoms with Gasteiger partial charge in [0.1, 0.15) is 0 Å². The molecule has 0 amide bonds. The van der Waals surface area contributed by atoms with Gasteiger partial charge in [0.2, 0.25) is 0 Å². The lowest BCUT2D eigenvalue weighted by Gasteiger charge is -2.14. The lowest BCUT2D eigenvalue weighted by Crippen LogP contribution is -2.01. The molecule has 2 N–H and O–H groups in total. The molecule has 0 aromatic heterocycles. The van der Waals surface area contributed by atoms with Crippen molar-refractivity contribution in [2.45, 2.75) is 19.3 Å². The molecule has 0 saturated carbocycles. The highest BCUT2D eigenvalue weighted by Gasteiger charge is 2.13. The van der Waals surface area contributed by atoms with Gasteiger partial charge in [-0.3, -0.25) is 0 Å². The summed E-state index contributed by atoms with van der Waals surface area (Å²) in [6, 6.07) is 3.65. The van der Waals surface area contributed by atoms with Gasteiger partial charge in [-0.15, -0.1) is 0 Å². The number of methoxy groups -OCH3 is 2. The van der Waals surface area contributed by atoms with E-state index in [4.69, 9.17) is 26.8 Å². The van der Waals surface area contributed by atoms with E-state index in [-0.39, 0.29) is 0 Å². The van der Waals surface area contributed by atoms with Crippen LogP contribution in [0.1, 0.15) is 18.4 Å². The summed E-state index contributed by atoms with van der Waals surface area (Å²) in [6.07, 6.45) is 2.84. The van der Waals surface area contributed by atoms with Crippen molar-refractivity contribution in [3.8, 4) is 11.5 Å². The Balaban J connectivity index is 2.94. The first-order chi connectivity index (χ1) is 7.74. The van der Waals surface area contributed by atoms with Gasteiger partial charge in [-0.25, -0.2) is 0 Å². The van der Waals surface area contributed by atoms with Crippen LogP contribution in [0.3, 0.4) is 0 Å². The van der Waals surface area contributed by atoms with Crippen LogP contribution in [-0.2, 0) is 6.42 Å². The van der Waals surface area contributed by atoms with Crippen molar-refractivity contribution in [3.05, 3.63) is 22.7 Å². The third-order valence-corrected chi connectivity index (χ3v) is 2.83. The van der Waals surface area contributed by atoms with E-state index in [0.717, 1.165) is 41.3 Å². The molecular formula is C12H18ClNO2. The van der Waals surface area contributed by atoms with Crippen molar-refractivity contribution in [1.82, 2.24) is 0 Å². The average Bonchev–Trinajstić information content (AvgIpc) is 2.31. The molecule has 90 valence electrons. The molecule has 16 heavy (non-hydrogen) atoms. The van der Waals surface area contributed by atoms with E-state index < -0.39 is 0 Å². The smallest absolute Gasteiger partial charge is 0.165 e. The van der Waals surface area contributed by atoms with E-state index in [9.17, 15) is 0 Å². The Bertz CT molecular complexity index is 342. The summed E-state index contributed by atoms with van der Waals surface area (Å²) in [6.45, 7) is 0.698. The number of hydrogen-bond donors (Lipinski definition) is 1. The van der Waals surface area contributed by atoms with Crippen molar-refractivity contribution >= 4 is 11.6 Å². The molecule has 0 radical (unpaired) electrons. The highest BCUT2D eigenvalue weighted by Crippen LogP contribution is 2.36. The van der Waals surface area contributed by atoms with E-state index in [1.807, 2.05) is 12.1 Å². The van der Waals surface area contributed by atoms with Gasteiger partial charge in [0, 0.05) is 10.6 Å². The number of ether oxygens (including phenoxy) is 2. The van der Waals surface area contributed by atoms with Gasteiger partial charge in [-0.2, -0.15) is 0 Å². The fourth-order valence-electron chi connectivity index (χ4n) is 1.65. The lowest BCUT2D eigenvalue weighted by molar-refractivity contribution is 0.351. The van der Waals surface area contributed by atoms with Crippen molar-refractivity contribution in [2.75, 3.05) is 20.8 Å². The molecule has 1 rings (SSSR count). The van der Waals surface area contributed by atoms with Crippen LogP contribution in [0.2, 0.25) is 5.02 Å². The Labute approximate surface area is 101 Å². The van der Waals surface area contributed by atoms with Gasteiger partial charge >= 0.3 is 0 Å². The van der Waals surface area contributed by atoms with Crippen LogP contribution in [0.25, 0.3) is 0 Å². The van der Waals surface area contributed by atoms with Crippen LogP contribution in [0.15, 0.2) is 12.1 Å². The normalized spacial score (nSPS) is 10.2. The number of rotatable bonds is 6. The SMILES string of the molecule is COc1ccc(Cl)c(CCCCN)c1OC. The molecule has 0 atom stereocenters. The molecule has 0 unspecified atom stereocenters. The zero-order chi connectivity index (χ0) is 12.0. The second-order valence-corrected chi connectivity index (χ2v) is 3.91. The maximum Gasteiger partial charge on any atom is 0.165 e. The summed E-state index contributed by atoms with van der Waals surface area (Å²) in [4.78, 5) is 0. The Hall–Kier alpha value is -0.930. The van der Waals surface area contributed by atoms with Crippen molar-refractivity contribution < 1.29 is 9.47 Å². The maximum atomic E-state index is 6.15. The van der Waals surface area contributed by atoms with Crippen molar-refractivity contribution in [1.29, 1.82) is 0 Å². The van der Waals surface area contributed by atoms with E-state index >= 15 is 0 Å². The second kappa shape index (κ2) is 6.61. The molecule has 0 fully saturated rings.